The molecule has 0 radical (unpaired) electrons. The van der Waals surface area contributed by atoms with Gasteiger partial charge in [0.2, 0.25) is 0 Å². The van der Waals surface area contributed by atoms with Gasteiger partial charge in [0.1, 0.15) is 0 Å². The number of nitrogens with two attached hydrogens (primary N) is 6. The normalized spacial score (nSPS) is 28.7. The van der Waals surface area contributed by atoms with E-state index >= 15 is 0 Å². The average Bonchev–Trinajstić information content (AvgIpc) is 2.46. The summed E-state index contributed by atoms with van der Waals surface area (Å²) in [6, 6.07) is 0. The molecule has 0 atom stereocenters. The van der Waals surface area contributed by atoms with E-state index in [0.29, 0.717) is 19.3 Å². The Morgan fingerprint density at radius 3 is 0.905 bits per heavy atom. The highest BCUT2D eigenvalue weighted by Gasteiger charge is 2.45. The summed E-state index contributed by atoms with van der Waals surface area (Å²) in [5, 5.41) is 9.69. The van der Waals surface area contributed by atoms with E-state index in [4.69, 9.17) is 34.4 Å². The van der Waals surface area contributed by atoms with Crippen LogP contribution in [-0.2, 0) is 0 Å². The third-order valence-electron chi connectivity index (χ3n) is 4.45. The first kappa shape index (κ1) is 18.7. The van der Waals surface area contributed by atoms with Gasteiger partial charge >= 0.3 is 0 Å². The van der Waals surface area contributed by atoms with Gasteiger partial charge in [0.25, 0.3) is 0 Å². The zero-order chi connectivity index (χ0) is 16.5. The van der Waals surface area contributed by atoms with Crippen LogP contribution in [0.2, 0.25) is 0 Å². The molecular formula is C12H33N9. The van der Waals surface area contributed by atoms with E-state index in [1.807, 2.05) is 20.8 Å². The number of rotatable bonds is 6. The summed E-state index contributed by atoms with van der Waals surface area (Å²) in [6.45, 7) is 5.72. The second kappa shape index (κ2) is 6.41. The molecule has 15 N–H and O–H groups in total. The molecule has 1 rings (SSSR count). The molecule has 9 heteroatoms. The fourth-order valence-electron chi connectivity index (χ4n) is 2.19. The quantitative estimate of drug-likeness (QED) is 0.227. The van der Waals surface area contributed by atoms with Crippen LogP contribution in [0.3, 0.4) is 0 Å². The maximum atomic E-state index is 6.15. The van der Waals surface area contributed by atoms with Gasteiger partial charge in [-0.05, 0) is 19.3 Å². The van der Waals surface area contributed by atoms with Crippen molar-refractivity contribution >= 4 is 0 Å². The Kier molecular flexibility index (Phi) is 5.70. The van der Waals surface area contributed by atoms with E-state index in [0.717, 1.165) is 0 Å². The zero-order valence-electron chi connectivity index (χ0n) is 13.3. The third kappa shape index (κ3) is 4.09. The lowest BCUT2D eigenvalue weighted by Gasteiger charge is -2.51. The molecule has 1 aliphatic heterocycles. The lowest BCUT2D eigenvalue weighted by atomic mass is 9.95. The first-order valence-electron chi connectivity index (χ1n) is 7.51. The van der Waals surface area contributed by atoms with Crippen molar-refractivity contribution in [2.24, 2.45) is 34.4 Å². The summed E-state index contributed by atoms with van der Waals surface area (Å²) in [5.74, 6) is 0. The Morgan fingerprint density at radius 1 is 0.571 bits per heavy atom. The SMILES string of the molecule is CCC(N)(N)C1NC(C(N)(N)CC)NC(C(N)(N)CC)N1. The molecule has 0 spiro atoms. The highest BCUT2D eigenvalue weighted by atomic mass is 15.4. The minimum atomic E-state index is -0.980. The number of hydrogen-bond acceptors (Lipinski definition) is 9. The summed E-state index contributed by atoms with van der Waals surface area (Å²) in [7, 11) is 0. The second-order valence-corrected chi connectivity index (χ2v) is 6.20. The van der Waals surface area contributed by atoms with Crippen LogP contribution in [0.5, 0.6) is 0 Å². The molecule has 0 saturated carbocycles. The molecule has 1 heterocycles. The van der Waals surface area contributed by atoms with Gasteiger partial charge in [0.05, 0.1) is 35.5 Å². The maximum absolute atomic E-state index is 6.15. The highest BCUT2D eigenvalue weighted by Crippen LogP contribution is 2.16. The van der Waals surface area contributed by atoms with Crippen LogP contribution < -0.4 is 50.4 Å². The Hall–Kier alpha value is -0.360. The first-order chi connectivity index (χ1) is 9.50. The standard InChI is InChI=1S/C12H33N9/c1-4-10(13,14)7-19-8(11(15,16)5-2)21-9(20-7)12(17,18)6-3/h7-9,19-21H,4-6,13-18H2,1-3H3. The largest absolute Gasteiger partial charge is 0.311 e. The van der Waals surface area contributed by atoms with Crippen molar-refractivity contribution < 1.29 is 0 Å². The molecule has 0 aromatic heterocycles. The molecule has 21 heavy (non-hydrogen) atoms. The van der Waals surface area contributed by atoms with Gasteiger partial charge in [0.15, 0.2) is 0 Å². The minimum absolute atomic E-state index is 0.421. The van der Waals surface area contributed by atoms with Crippen molar-refractivity contribution in [1.29, 1.82) is 0 Å². The molecule has 0 unspecified atom stereocenters. The van der Waals surface area contributed by atoms with E-state index in [1.54, 1.807) is 0 Å². The highest BCUT2D eigenvalue weighted by molar-refractivity contribution is 5.04. The van der Waals surface area contributed by atoms with E-state index < -0.39 is 35.5 Å². The number of nitrogens with one attached hydrogen (secondary N) is 3. The van der Waals surface area contributed by atoms with Crippen LogP contribution in [0.1, 0.15) is 40.0 Å². The summed E-state index contributed by atoms with van der Waals surface area (Å²) >= 11 is 0. The van der Waals surface area contributed by atoms with Crippen LogP contribution in [0.4, 0.5) is 0 Å². The van der Waals surface area contributed by atoms with Gasteiger partial charge in [-0.1, -0.05) is 20.8 Å². The maximum Gasteiger partial charge on any atom is 0.0928 e. The fourth-order valence-corrected chi connectivity index (χ4v) is 2.19. The van der Waals surface area contributed by atoms with Crippen molar-refractivity contribution in [3.05, 3.63) is 0 Å². The molecular weight excluding hydrogens is 270 g/mol. The predicted molar refractivity (Wildman–Crippen MR) is 85.0 cm³/mol. The van der Waals surface area contributed by atoms with Gasteiger partial charge in [-0.2, -0.15) is 0 Å². The van der Waals surface area contributed by atoms with E-state index in [-0.39, 0.29) is 0 Å². The lowest BCUT2D eigenvalue weighted by Crippen LogP contribution is -2.87. The van der Waals surface area contributed by atoms with Crippen LogP contribution in [0.25, 0.3) is 0 Å². The fraction of sp³-hybridized carbons (Fsp3) is 1.00. The minimum Gasteiger partial charge on any atom is -0.311 e. The van der Waals surface area contributed by atoms with Crippen LogP contribution in [0, 0.1) is 0 Å². The molecule has 126 valence electrons. The van der Waals surface area contributed by atoms with Crippen LogP contribution >= 0.6 is 0 Å². The van der Waals surface area contributed by atoms with Gasteiger partial charge in [-0.3, -0.25) is 16.0 Å². The van der Waals surface area contributed by atoms with Crippen molar-refractivity contribution in [3.8, 4) is 0 Å². The predicted octanol–water partition coefficient (Wildman–Crippen LogP) is -3.18. The smallest absolute Gasteiger partial charge is 0.0928 e. The van der Waals surface area contributed by atoms with Crippen molar-refractivity contribution in [2.75, 3.05) is 0 Å². The molecule has 1 fully saturated rings. The Bertz CT molecular complexity index is 283. The summed E-state index contributed by atoms with van der Waals surface area (Å²) < 4.78 is 0. The van der Waals surface area contributed by atoms with E-state index in [9.17, 15) is 0 Å². The molecule has 1 aliphatic rings. The van der Waals surface area contributed by atoms with Crippen LogP contribution in [0.15, 0.2) is 0 Å². The molecule has 9 nitrogen and oxygen atoms in total. The second-order valence-electron chi connectivity index (χ2n) is 6.20. The topological polar surface area (TPSA) is 192 Å². The Morgan fingerprint density at radius 2 is 0.762 bits per heavy atom. The molecule has 0 aromatic carbocycles. The van der Waals surface area contributed by atoms with Crippen LogP contribution in [-0.4, -0.2) is 35.5 Å². The van der Waals surface area contributed by atoms with Gasteiger partial charge in [0, 0.05) is 0 Å². The van der Waals surface area contributed by atoms with Crippen molar-refractivity contribution in [3.63, 3.8) is 0 Å². The zero-order valence-corrected chi connectivity index (χ0v) is 13.3. The summed E-state index contributed by atoms with van der Waals surface area (Å²) in [4.78, 5) is 0. The van der Waals surface area contributed by atoms with E-state index in [2.05, 4.69) is 16.0 Å². The number of hydrogen-bond donors (Lipinski definition) is 9. The van der Waals surface area contributed by atoms with E-state index in [1.165, 1.54) is 0 Å². The Labute approximate surface area is 126 Å². The average molecular weight is 303 g/mol. The molecule has 0 amide bonds. The molecule has 0 aromatic rings. The summed E-state index contributed by atoms with van der Waals surface area (Å²) in [5.41, 5.74) is 33.9. The monoisotopic (exact) mass is 303 g/mol. The van der Waals surface area contributed by atoms with Crippen molar-refractivity contribution in [1.82, 2.24) is 16.0 Å². The molecule has 0 bridgehead atoms. The lowest BCUT2D eigenvalue weighted by molar-refractivity contribution is 0.0585. The first-order valence-corrected chi connectivity index (χ1v) is 7.51. The third-order valence-corrected chi connectivity index (χ3v) is 4.45. The van der Waals surface area contributed by atoms with Gasteiger partial charge in [-0.15, -0.1) is 0 Å². The van der Waals surface area contributed by atoms with Gasteiger partial charge < -0.3 is 34.4 Å². The van der Waals surface area contributed by atoms with Gasteiger partial charge in [-0.25, -0.2) is 0 Å². The summed E-state index contributed by atoms with van der Waals surface area (Å²) in [6.07, 6.45) is 0.401. The Balaban J connectivity index is 3.05. The molecule has 1 saturated heterocycles. The molecule has 0 aliphatic carbocycles. The van der Waals surface area contributed by atoms with Crippen molar-refractivity contribution in [2.45, 2.75) is 75.5 Å².